The first kappa shape index (κ1) is 17.8. The predicted octanol–water partition coefficient (Wildman–Crippen LogP) is 5.70. The third-order valence-corrected chi connectivity index (χ3v) is 3.88. The van der Waals surface area contributed by atoms with Gasteiger partial charge in [0.05, 0.1) is 23.0 Å². The van der Waals surface area contributed by atoms with Crippen molar-refractivity contribution in [2.45, 2.75) is 19.8 Å². The van der Waals surface area contributed by atoms with Gasteiger partial charge in [0.2, 0.25) is 0 Å². The molecule has 124 valence electrons. The fraction of sp³-hybridized carbons (Fsp3) is 0.333. The van der Waals surface area contributed by atoms with Gasteiger partial charge in [0, 0.05) is 18.1 Å². The molecule has 0 amide bonds. The largest absolute Gasteiger partial charge is 0.491 e. The third-order valence-electron chi connectivity index (χ3n) is 3.33. The van der Waals surface area contributed by atoms with Gasteiger partial charge >= 0.3 is 0 Å². The van der Waals surface area contributed by atoms with E-state index in [0.717, 1.165) is 49.7 Å². The Labute approximate surface area is 147 Å². The number of rotatable bonds is 9. The van der Waals surface area contributed by atoms with E-state index in [-0.39, 0.29) is 0 Å². The molecule has 0 aromatic heterocycles. The maximum Gasteiger partial charge on any atom is 0.142 e. The van der Waals surface area contributed by atoms with Crippen LogP contribution in [0.15, 0.2) is 42.5 Å². The van der Waals surface area contributed by atoms with Crippen LogP contribution in [0.5, 0.6) is 5.75 Å². The van der Waals surface area contributed by atoms with Crippen molar-refractivity contribution in [2.75, 3.05) is 30.3 Å². The molecular formula is C18H22Cl2N2O. The summed E-state index contributed by atoms with van der Waals surface area (Å²) < 4.78 is 5.81. The van der Waals surface area contributed by atoms with E-state index in [1.807, 2.05) is 36.4 Å². The van der Waals surface area contributed by atoms with Crippen LogP contribution in [0.3, 0.4) is 0 Å². The van der Waals surface area contributed by atoms with Gasteiger partial charge in [-0.15, -0.1) is 0 Å². The number of ether oxygens (including phenoxy) is 1. The van der Waals surface area contributed by atoms with Crippen molar-refractivity contribution in [3.05, 3.63) is 52.5 Å². The van der Waals surface area contributed by atoms with E-state index in [2.05, 4.69) is 17.6 Å². The van der Waals surface area contributed by atoms with Crippen LogP contribution in [0.4, 0.5) is 11.4 Å². The van der Waals surface area contributed by atoms with Gasteiger partial charge in [0.25, 0.3) is 0 Å². The van der Waals surface area contributed by atoms with Crippen LogP contribution in [0.2, 0.25) is 10.0 Å². The summed E-state index contributed by atoms with van der Waals surface area (Å²) in [5, 5.41) is 7.93. The van der Waals surface area contributed by atoms with Crippen LogP contribution in [-0.2, 0) is 0 Å². The van der Waals surface area contributed by atoms with Gasteiger partial charge in [-0.25, -0.2) is 0 Å². The van der Waals surface area contributed by atoms with Crippen molar-refractivity contribution in [3.8, 4) is 5.75 Å². The molecule has 0 aliphatic rings. The predicted molar refractivity (Wildman–Crippen MR) is 100 cm³/mol. The van der Waals surface area contributed by atoms with Crippen molar-refractivity contribution in [3.63, 3.8) is 0 Å². The summed E-state index contributed by atoms with van der Waals surface area (Å²) >= 11 is 12.0. The van der Waals surface area contributed by atoms with E-state index in [9.17, 15) is 0 Å². The Balaban J connectivity index is 1.82. The van der Waals surface area contributed by atoms with Gasteiger partial charge in [0.15, 0.2) is 0 Å². The molecule has 3 nitrogen and oxygen atoms in total. The molecule has 0 aliphatic heterocycles. The molecule has 0 saturated heterocycles. The van der Waals surface area contributed by atoms with Crippen molar-refractivity contribution in [1.29, 1.82) is 0 Å². The van der Waals surface area contributed by atoms with Crippen molar-refractivity contribution >= 4 is 34.6 Å². The molecule has 5 heteroatoms. The summed E-state index contributed by atoms with van der Waals surface area (Å²) in [6, 6.07) is 13.4. The van der Waals surface area contributed by atoms with Gasteiger partial charge in [-0.05, 0) is 36.8 Å². The maximum absolute atomic E-state index is 6.13. The van der Waals surface area contributed by atoms with Gasteiger partial charge in [-0.2, -0.15) is 0 Å². The molecule has 2 aromatic carbocycles. The minimum atomic E-state index is 0.626. The summed E-state index contributed by atoms with van der Waals surface area (Å²) in [5.74, 6) is 0.894. The van der Waals surface area contributed by atoms with E-state index in [4.69, 9.17) is 27.9 Å². The summed E-state index contributed by atoms with van der Waals surface area (Å²) in [4.78, 5) is 0. The standard InChI is InChI=1S/C18H22Cl2N2O/c1-2-3-12-23-18-7-5-4-6-17(18)22-11-10-21-16-9-8-14(19)13-15(16)20/h4-9,13,21-22H,2-3,10-12H2,1H3. The van der Waals surface area contributed by atoms with Crippen molar-refractivity contribution < 1.29 is 4.74 Å². The molecule has 0 spiro atoms. The van der Waals surface area contributed by atoms with Crippen LogP contribution >= 0.6 is 23.2 Å². The Bertz CT molecular complexity index is 620. The number of nitrogens with one attached hydrogen (secondary N) is 2. The van der Waals surface area contributed by atoms with Crippen molar-refractivity contribution in [2.24, 2.45) is 0 Å². The highest BCUT2D eigenvalue weighted by Crippen LogP contribution is 2.26. The average molecular weight is 353 g/mol. The zero-order valence-corrected chi connectivity index (χ0v) is 14.8. The number of halogens is 2. The number of anilines is 2. The lowest BCUT2D eigenvalue weighted by Crippen LogP contribution is -2.14. The molecule has 0 fully saturated rings. The van der Waals surface area contributed by atoms with Gasteiger partial charge < -0.3 is 15.4 Å². The zero-order valence-electron chi connectivity index (χ0n) is 13.2. The quantitative estimate of drug-likeness (QED) is 0.568. The number of hydrogen-bond donors (Lipinski definition) is 2. The van der Waals surface area contributed by atoms with Crippen LogP contribution in [0.25, 0.3) is 0 Å². The highest BCUT2D eigenvalue weighted by molar-refractivity contribution is 6.36. The van der Waals surface area contributed by atoms with Crippen LogP contribution in [0.1, 0.15) is 19.8 Å². The Morgan fingerprint density at radius 1 is 0.957 bits per heavy atom. The minimum Gasteiger partial charge on any atom is -0.491 e. The van der Waals surface area contributed by atoms with Crippen LogP contribution in [0, 0.1) is 0 Å². The Morgan fingerprint density at radius 3 is 2.43 bits per heavy atom. The molecule has 2 rings (SSSR count). The second kappa shape index (κ2) is 9.53. The molecule has 0 heterocycles. The fourth-order valence-corrected chi connectivity index (χ4v) is 2.57. The first-order valence-corrected chi connectivity index (χ1v) is 8.61. The Morgan fingerprint density at radius 2 is 1.70 bits per heavy atom. The molecular weight excluding hydrogens is 331 g/mol. The first-order chi connectivity index (χ1) is 11.2. The normalized spacial score (nSPS) is 10.4. The highest BCUT2D eigenvalue weighted by Gasteiger charge is 2.03. The zero-order chi connectivity index (χ0) is 16.5. The SMILES string of the molecule is CCCCOc1ccccc1NCCNc1ccc(Cl)cc1Cl. The van der Waals surface area contributed by atoms with E-state index in [1.54, 1.807) is 6.07 Å². The summed E-state index contributed by atoms with van der Waals surface area (Å²) in [6.07, 6.45) is 2.19. The monoisotopic (exact) mass is 352 g/mol. The van der Waals surface area contributed by atoms with E-state index in [1.165, 1.54) is 0 Å². The minimum absolute atomic E-state index is 0.626. The van der Waals surface area contributed by atoms with Gasteiger partial charge in [0.1, 0.15) is 5.75 Å². The lowest BCUT2D eigenvalue weighted by atomic mass is 10.3. The average Bonchev–Trinajstić information content (AvgIpc) is 2.54. The van der Waals surface area contributed by atoms with Crippen molar-refractivity contribution in [1.82, 2.24) is 0 Å². The Hall–Kier alpha value is -1.58. The second-order valence-electron chi connectivity index (χ2n) is 5.18. The van der Waals surface area contributed by atoms with Crippen LogP contribution in [-0.4, -0.2) is 19.7 Å². The number of hydrogen-bond acceptors (Lipinski definition) is 3. The van der Waals surface area contributed by atoms with E-state index < -0.39 is 0 Å². The first-order valence-electron chi connectivity index (χ1n) is 7.85. The fourth-order valence-electron chi connectivity index (χ4n) is 2.09. The Kier molecular flexibility index (Phi) is 7.37. The molecule has 0 aliphatic carbocycles. The third kappa shape index (κ3) is 5.85. The molecule has 0 saturated carbocycles. The summed E-state index contributed by atoms with van der Waals surface area (Å²) in [5.41, 5.74) is 1.89. The van der Waals surface area contributed by atoms with Gasteiger partial charge in [-0.1, -0.05) is 48.7 Å². The number of benzene rings is 2. The summed E-state index contributed by atoms with van der Waals surface area (Å²) in [6.45, 7) is 4.40. The van der Waals surface area contributed by atoms with E-state index >= 15 is 0 Å². The number of para-hydroxylation sites is 2. The van der Waals surface area contributed by atoms with E-state index in [0.29, 0.717) is 10.0 Å². The highest BCUT2D eigenvalue weighted by atomic mass is 35.5. The summed E-state index contributed by atoms with van der Waals surface area (Å²) in [7, 11) is 0. The maximum atomic E-state index is 6.13. The lowest BCUT2D eigenvalue weighted by Gasteiger charge is -2.14. The smallest absolute Gasteiger partial charge is 0.142 e. The molecule has 2 N–H and O–H groups in total. The molecule has 0 bridgehead atoms. The van der Waals surface area contributed by atoms with Gasteiger partial charge in [-0.3, -0.25) is 0 Å². The molecule has 0 radical (unpaired) electrons. The topological polar surface area (TPSA) is 33.3 Å². The molecule has 2 aromatic rings. The lowest BCUT2D eigenvalue weighted by molar-refractivity contribution is 0.311. The molecule has 0 unspecified atom stereocenters. The molecule has 0 atom stereocenters. The number of unbranched alkanes of at least 4 members (excludes halogenated alkanes) is 1. The second-order valence-corrected chi connectivity index (χ2v) is 6.02. The molecule has 23 heavy (non-hydrogen) atoms. The van der Waals surface area contributed by atoms with Crippen LogP contribution < -0.4 is 15.4 Å².